The normalized spacial score (nSPS) is 23.1. The van der Waals surface area contributed by atoms with Crippen molar-refractivity contribution in [2.24, 2.45) is 5.92 Å². The van der Waals surface area contributed by atoms with Gasteiger partial charge in [0, 0.05) is 67.7 Å². The molecule has 2 N–H and O–H groups in total. The van der Waals surface area contributed by atoms with E-state index in [1.54, 1.807) is 0 Å². The molecule has 4 heterocycles. The number of aromatic nitrogens is 3. The Morgan fingerprint density at radius 1 is 1.44 bits per heavy atom. The van der Waals surface area contributed by atoms with Crippen LogP contribution in [0.25, 0.3) is 22.3 Å². The van der Waals surface area contributed by atoms with Gasteiger partial charge < -0.3 is 23.9 Å². The molecule has 2 aliphatic rings. The van der Waals surface area contributed by atoms with E-state index in [4.69, 9.17) is 26.1 Å². The van der Waals surface area contributed by atoms with Crippen LogP contribution in [0.2, 0.25) is 5.02 Å². The first-order chi connectivity index (χ1) is 16.5. The molecular formula is C22H27ClN5O4S2-. The number of hydrogen-bond acceptors (Lipinski definition) is 8. The van der Waals surface area contributed by atoms with Crippen LogP contribution in [0.5, 0.6) is 0 Å². The van der Waals surface area contributed by atoms with E-state index in [1.807, 2.05) is 12.1 Å². The van der Waals surface area contributed by atoms with E-state index in [0.29, 0.717) is 18.2 Å². The van der Waals surface area contributed by atoms with Crippen LogP contribution in [0, 0.1) is 5.92 Å². The zero-order chi connectivity index (χ0) is 23.7. The maximum Gasteiger partial charge on any atom is 0.175 e. The van der Waals surface area contributed by atoms with Crippen molar-refractivity contribution in [2.75, 3.05) is 20.3 Å². The van der Waals surface area contributed by atoms with Crippen LogP contribution in [0.4, 0.5) is 0 Å². The number of nitrogens with zero attached hydrogens (tertiary/aromatic N) is 3. The fourth-order valence-electron chi connectivity index (χ4n) is 4.77. The van der Waals surface area contributed by atoms with Crippen molar-refractivity contribution >= 4 is 45.3 Å². The first-order valence-corrected chi connectivity index (χ1v) is 13.6. The second-order valence-electron chi connectivity index (χ2n) is 8.81. The minimum Gasteiger partial charge on any atom is -0.760 e. The second-order valence-corrected chi connectivity index (χ2v) is 10.7. The van der Waals surface area contributed by atoms with Crippen molar-refractivity contribution in [2.45, 2.75) is 50.5 Å². The lowest BCUT2D eigenvalue weighted by atomic mass is 9.94. The molecule has 4 unspecified atom stereocenters. The Balaban J connectivity index is 1.31. The number of fused-ring (bicyclic) bond motifs is 1. The van der Waals surface area contributed by atoms with E-state index in [1.165, 1.54) is 18.6 Å². The predicted molar refractivity (Wildman–Crippen MR) is 131 cm³/mol. The van der Waals surface area contributed by atoms with Gasteiger partial charge in [0.1, 0.15) is 11.2 Å². The van der Waals surface area contributed by atoms with Crippen molar-refractivity contribution in [1.29, 1.82) is 0 Å². The summed E-state index contributed by atoms with van der Waals surface area (Å²) in [5.41, 5.74) is 2.02. The lowest BCUT2D eigenvalue weighted by Gasteiger charge is -2.37. The zero-order valence-electron chi connectivity index (χ0n) is 18.7. The molecule has 0 saturated carbocycles. The molecule has 2 fully saturated rings. The fraction of sp³-hybridized carbons (Fsp3) is 0.545. The Hall–Kier alpha value is -1.44. The van der Waals surface area contributed by atoms with Gasteiger partial charge in [0.2, 0.25) is 0 Å². The number of hydrogen-bond donors (Lipinski definition) is 2. The Bertz CT molecular complexity index is 1160. The van der Waals surface area contributed by atoms with E-state index in [2.05, 4.69) is 31.2 Å². The van der Waals surface area contributed by atoms with Crippen LogP contribution in [-0.2, 0) is 27.3 Å². The molecule has 1 aromatic carbocycles. The van der Waals surface area contributed by atoms with E-state index in [9.17, 15) is 8.76 Å². The number of halogens is 1. The van der Waals surface area contributed by atoms with Crippen molar-refractivity contribution in [3.05, 3.63) is 34.4 Å². The third-order valence-electron chi connectivity index (χ3n) is 6.59. The summed E-state index contributed by atoms with van der Waals surface area (Å²) >= 11 is 5.66. The third kappa shape index (κ3) is 5.21. The number of nitrogens with one attached hydrogen (secondary N) is 2. The molecule has 184 valence electrons. The highest BCUT2D eigenvalue weighted by Crippen LogP contribution is 2.37. The lowest BCUT2D eigenvalue weighted by Crippen LogP contribution is -2.50. The van der Waals surface area contributed by atoms with E-state index >= 15 is 0 Å². The Morgan fingerprint density at radius 3 is 2.97 bits per heavy atom. The molecule has 0 aliphatic carbocycles. The molecule has 2 saturated heterocycles. The largest absolute Gasteiger partial charge is 0.760 e. The molecule has 2 aromatic heterocycles. The van der Waals surface area contributed by atoms with Crippen molar-refractivity contribution < 1.29 is 18.2 Å². The third-order valence-corrected chi connectivity index (χ3v) is 8.18. The highest BCUT2D eigenvalue weighted by atomic mass is 35.5. The van der Waals surface area contributed by atoms with Gasteiger partial charge in [-0.25, -0.2) is 9.71 Å². The summed E-state index contributed by atoms with van der Waals surface area (Å²) in [5.74, 6) is 1.27. The molecule has 0 bridgehead atoms. The Morgan fingerprint density at radius 2 is 2.24 bits per heavy atom. The van der Waals surface area contributed by atoms with Gasteiger partial charge in [-0.3, -0.25) is 4.21 Å². The van der Waals surface area contributed by atoms with E-state index in [-0.39, 0.29) is 12.1 Å². The minimum absolute atomic E-state index is 0.102. The Kier molecular flexibility index (Phi) is 7.61. The minimum atomic E-state index is -2.36. The van der Waals surface area contributed by atoms with Crippen LogP contribution in [-0.4, -0.2) is 55.3 Å². The highest BCUT2D eigenvalue weighted by molar-refractivity contribution is 7.77. The maximum atomic E-state index is 10.9. The zero-order valence-corrected chi connectivity index (χ0v) is 21.1. The summed E-state index contributed by atoms with van der Waals surface area (Å²) in [7, 11) is 1.49. The van der Waals surface area contributed by atoms with Crippen LogP contribution >= 0.6 is 23.1 Å². The van der Waals surface area contributed by atoms with Crippen molar-refractivity contribution in [1.82, 2.24) is 24.0 Å². The number of methoxy groups -OCH3 is 1. The first kappa shape index (κ1) is 24.3. The second kappa shape index (κ2) is 10.7. The number of rotatable bonds is 9. The van der Waals surface area contributed by atoms with Gasteiger partial charge in [0.15, 0.2) is 5.82 Å². The first-order valence-electron chi connectivity index (χ1n) is 11.3. The molecule has 0 radical (unpaired) electrons. The highest BCUT2D eigenvalue weighted by Gasteiger charge is 2.34. The fourth-order valence-corrected chi connectivity index (χ4v) is 6.20. The molecule has 4 atom stereocenters. The van der Waals surface area contributed by atoms with Gasteiger partial charge in [0.05, 0.1) is 16.6 Å². The van der Waals surface area contributed by atoms with Crippen LogP contribution < -0.4 is 10.0 Å². The van der Waals surface area contributed by atoms with Gasteiger partial charge in [-0.2, -0.15) is 4.37 Å². The molecule has 9 nitrogen and oxygen atoms in total. The summed E-state index contributed by atoms with van der Waals surface area (Å²) in [6.07, 6.45) is 5.08. The summed E-state index contributed by atoms with van der Waals surface area (Å²) in [4.78, 5) is 4.85. The van der Waals surface area contributed by atoms with Gasteiger partial charge in [-0.05, 0) is 42.8 Å². The van der Waals surface area contributed by atoms with Crippen LogP contribution in [0.15, 0.2) is 24.4 Å². The van der Waals surface area contributed by atoms with Gasteiger partial charge >= 0.3 is 0 Å². The molecule has 0 spiro atoms. The van der Waals surface area contributed by atoms with Crippen LogP contribution in [0.3, 0.4) is 0 Å². The number of para-hydroxylation sites is 1. The molecule has 12 heteroatoms. The smallest absolute Gasteiger partial charge is 0.175 e. The quantitative estimate of drug-likeness (QED) is 0.326. The molecule has 5 rings (SSSR count). The molecule has 0 amide bonds. The van der Waals surface area contributed by atoms with E-state index in [0.717, 1.165) is 65.5 Å². The van der Waals surface area contributed by atoms with Crippen molar-refractivity contribution in [3.63, 3.8) is 0 Å². The predicted octanol–water partition coefficient (Wildman–Crippen LogP) is 3.39. The summed E-state index contributed by atoms with van der Waals surface area (Å²) in [6.45, 7) is 2.52. The summed E-state index contributed by atoms with van der Waals surface area (Å²) in [5, 5.41) is 6.17. The topological polar surface area (TPSA) is 113 Å². The van der Waals surface area contributed by atoms with Gasteiger partial charge in [-0.1, -0.05) is 23.7 Å². The monoisotopic (exact) mass is 524 g/mol. The molecular weight excluding hydrogens is 498 g/mol. The average molecular weight is 525 g/mol. The van der Waals surface area contributed by atoms with E-state index < -0.39 is 17.5 Å². The maximum absolute atomic E-state index is 10.9. The van der Waals surface area contributed by atoms with Crippen molar-refractivity contribution in [3.8, 4) is 11.4 Å². The number of ether oxygens (including phenoxy) is 2. The molecule has 2 aliphatic heterocycles. The lowest BCUT2D eigenvalue weighted by molar-refractivity contribution is 0.0606. The van der Waals surface area contributed by atoms with Crippen LogP contribution in [0.1, 0.15) is 36.7 Å². The Labute approximate surface area is 209 Å². The van der Waals surface area contributed by atoms with Gasteiger partial charge in [-0.15, -0.1) is 0 Å². The van der Waals surface area contributed by atoms with Gasteiger partial charge in [0.25, 0.3) is 0 Å². The standard InChI is InChI=1S/C22H28ClN5O4S2/c1-31-19(27-34(29)30)10-14-9-18(24-14)22-25-21(26-33-22)16-12-28(11-13-5-7-32-8-6-13)20-15(16)3-2-4-17(20)23/h2-4,12-14,18-19,24,27H,5-11H2,1H3,(H,29,30)/p-1. The molecule has 3 aromatic rings. The average Bonchev–Trinajstić information content (AvgIpc) is 3.41. The molecule has 34 heavy (non-hydrogen) atoms. The summed E-state index contributed by atoms with van der Waals surface area (Å²) < 4.78 is 41.7. The SMILES string of the molecule is COC(CC1CC(c2nc(-c3cn(CC4CCOCC4)c4c(Cl)cccc34)ns2)N1)NS(=O)[O-]. The number of benzene rings is 1. The summed E-state index contributed by atoms with van der Waals surface area (Å²) in [6, 6.07) is 6.22.